The van der Waals surface area contributed by atoms with Crippen LogP contribution in [0.4, 0.5) is 5.69 Å². The van der Waals surface area contributed by atoms with E-state index in [0.29, 0.717) is 0 Å². The van der Waals surface area contributed by atoms with Gasteiger partial charge in [0.15, 0.2) is 0 Å². The van der Waals surface area contributed by atoms with Crippen LogP contribution in [0.2, 0.25) is 0 Å². The molecule has 0 heterocycles. The third-order valence-corrected chi connectivity index (χ3v) is 4.43. The summed E-state index contributed by atoms with van der Waals surface area (Å²) in [7, 11) is 0. The van der Waals surface area contributed by atoms with Crippen LogP contribution >= 0.6 is 27.7 Å². The Hall–Kier alpha value is -1.13. The number of nitrogen functional groups attached to an aromatic ring is 1. The first-order valence-corrected chi connectivity index (χ1v) is 8.30. The molecule has 0 atom stereocenters. The van der Waals surface area contributed by atoms with Crippen molar-refractivity contribution in [1.82, 2.24) is 0 Å². The highest BCUT2D eigenvalue weighted by atomic mass is 79.9. The molecule has 0 aliphatic heterocycles. The number of thioether (sulfide) groups is 1. The number of rotatable bonds is 6. The molecule has 0 amide bonds. The van der Waals surface area contributed by atoms with E-state index in [0.717, 1.165) is 39.6 Å². The van der Waals surface area contributed by atoms with Gasteiger partial charge in [-0.2, -0.15) is 0 Å². The Kier molecular flexibility index (Phi) is 5.80. The van der Waals surface area contributed by atoms with Gasteiger partial charge in [-0.15, -0.1) is 11.8 Å². The van der Waals surface area contributed by atoms with E-state index in [9.17, 15) is 0 Å². The fraction of sp³-hybridized carbons (Fsp3) is 0.250. The third-order valence-electron chi connectivity index (χ3n) is 2.78. The molecule has 0 saturated heterocycles. The summed E-state index contributed by atoms with van der Waals surface area (Å²) in [5, 5.41) is 0. The summed E-state index contributed by atoms with van der Waals surface area (Å²) in [5.41, 5.74) is 7.99. The minimum Gasteiger partial charge on any atom is -0.494 e. The summed E-state index contributed by atoms with van der Waals surface area (Å²) < 4.78 is 6.79. The fourth-order valence-electron chi connectivity index (χ4n) is 1.77. The van der Waals surface area contributed by atoms with E-state index in [1.807, 2.05) is 24.3 Å². The normalized spacial score (nSPS) is 10.5. The molecule has 0 unspecified atom stereocenters. The summed E-state index contributed by atoms with van der Waals surface area (Å²) in [5.74, 6) is 1.93. The predicted octanol–water partition coefficient (Wildman–Crippen LogP) is 4.90. The van der Waals surface area contributed by atoms with E-state index in [1.165, 1.54) is 5.56 Å². The largest absolute Gasteiger partial charge is 0.494 e. The van der Waals surface area contributed by atoms with Gasteiger partial charge in [0.1, 0.15) is 5.75 Å². The van der Waals surface area contributed by atoms with Gasteiger partial charge in [-0.3, -0.25) is 0 Å². The zero-order valence-electron chi connectivity index (χ0n) is 11.4. The summed E-state index contributed by atoms with van der Waals surface area (Å²) in [6.07, 6.45) is 0.991. The smallest absolute Gasteiger partial charge is 0.119 e. The molecular weight excluding hydrogens is 334 g/mol. The van der Waals surface area contributed by atoms with E-state index in [2.05, 4.69) is 41.1 Å². The molecule has 2 aromatic carbocycles. The molecule has 2 nitrogen and oxygen atoms in total. The highest BCUT2D eigenvalue weighted by Gasteiger charge is 2.01. The minimum atomic E-state index is 0.727. The molecule has 0 saturated carbocycles. The lowest BCUT2D eigenvalue weighted by atomic mass is 10.2. The molecule has 0 bridgehead atoms. The monoisotopic (exact) mass is 351 g/mol. The van der Waals surface area contributed by atoms with E-state index in [-0.39, 0.29) is 0 Å². The van der Waals surface area contributed by atoms with Crippen LogP contribution in [0.3, 0.4) is 0 Å². The van der Waals surface area contributed by atoms with Gasteiger partial charge < -0.3 is 10.5 Å². The number of benzene rings is 2. The molecule has 106 valence electrons. The van der Waals surface area contributed by atoms with Gasteiger partial charge in [-0.05, 0) is 49.2 Å². The first-order valence-electron chi connectivity index (χ1n) is 6.52. The summed E-state index contributed by atoms with van der Waals surface area (Å²) in [4.78, 5) is 1.12. The van der Waals surface area contributed by atoms with Crippen LogP contribution in [-0.4, -0.2) is 12.4 Å². The van der Waals surface area contributed by atoms with Crippen LogP contribution < -0.4 is 10.5 Å². The highest BCUT2D eigenvalue weighted by molar-refractivity contribution is 9.10. The van der Waals surface area contributed by atoms with Crippen molar-refractivity contribution in [1.29, 1.82) is 0 Å². The van der Waals surface area contributed by atoms with Crippen molar-refractivity contribution in [3.05, 3.63) is 52.5 Å². The Morgan fingerprint density at radius 2 is 2.05 bits per heavy atom. The minimum absolute atomic E-state index is 0.727. The number of aryl methyl sites for hydroxylation is 1. The number of hydrogen-bond donors (Lipinski definition) is 1. The molecule has 2 aromatic rings. The number of halogens is 1. The second-order valence-electron chi connectivity index (χ2n) is 4.55. The van der Waals surface area contributed by atoms with Gasteiger partial charge in [-0.1, -0.05) is 28.1 Å². The molecule has 0 aliphatic rings. The molecule has 2 rings (SSSR count). The maximum absolute atomic E-state index is 5.94. The topological polar surface area (TPSA) is 35.2 Å². The third kappa shape index (κ3) is 4.76. The Balaban J connectivity index is 1.73. The lowest BCUT2D eigenvalue weighted by Crippen LogP contribution is -1.99. The van der Waals surface area contributed by atoms with Gasteiger partial charge in [-0.25, -0.2) is 0 Å². The van der Waals surface area contributed by atoms with Gasteiger partial charge in [0.05, 0.1) is 6.61 Å². The Bertz CT molecular complexity index is 574. The zero-order chi connectivity index (χ0) is 14.4. The van der Waals surface area contributed by atoms with Gasteiger partial charge in [0.2, 0.25) is 0 Å². The van der Waals surface area contributed by atoms with E-state index >= 15 is 0 Å². The maximum Gasteiger partial charge on any atom is 0.119 e. The van der Waals surface area contributed by atoms with Crippen molar-refractivity contribution in [3.63, 3.8) is 0 Å². The second kappa shape index (κ2) is 7.60. The molecule has 0 aliphatic carbocycles. The number of anilines is 1. The van der Waals surface area contributed by atoms with Gasteiger partial charge in [0, 0.05) is 20.8 Å². The summed E-state index contributed by atoms with van der Waals surface area (Å²) in [6.45, 7) is 2.79. The molecule has 0 radical (unpaired) electrons. The van der Waals surface area contributed by atoms with Crippen LogP contribution in [0.15, 0.2) is 51.8 Å². The molecule has 0 aromatic heterocycles. The lowest BCUT2D eigenvalue weighted by Gasteiger charge is -2.08. The highest BCUT2D eigenvalue weighted by Crippen LogP contribution is 2.28. The van der Waals surface area contributed by atoms with Gasteiger partial charge in [0.25, 0.3) is 0 Å². The van der Waals surface area contributed by atoms with Crippen molar-refractivity contribution in [2.24, 2.45) is 0 Å². The van der Waals surface area contributed by atoms with Crippen LogP contribution in [-0.2, 0) is 0 Å². The molecular formula is C16H18BrNOS. The van der Waals surface area contributed by atoms with E-state index in [1.54, 1.807) is 11.8 Å². The maximum atomic E-state index is 5.94. The van der Waals surface area contributed by atoms with Crippen LogP contribution in [0.1, 0.15) is 12.0 Å². The molecule has 0 fully saturated rings. The lowest BCUT2D eigenvalue weighted by molar-refractivity contribution is 0.318. The molecule has 4 heteroatoms. The Morgan fingerprint density at radius 1 is 1.20 bits per heavy atom. The van der Waals surface area contributed by atoms with Crippen LogP contribution in [0.25, 0.3) is 0 Å². The standard InChI is InChI=1S/C16H18BrNOS/c1-12-4-2-5-14(10-12)19-8-3-9-20-16-11-13(17)6-7-15(16)18/h2,4-7,10-11H,3,8-9,18H2,1H3. The van der Waals surface area contributed by atoms with Crippen LogP contribution in [0, 0.1) is 6.92 Å². The van der Waals surface area contributed by atoms with Crippen molar-refractivity contribution < 1.29 is 4.74 Å². The second-order valence-corrected chi connectivity index (χ2v) is 6.60. The van der Waals surface area contributed by atoms with E-state index in [4.69, 9.17) is 10.5 Å². The number of nitrogens with two attached hydrogens (primary N) is 1. The molecule has 0 spiro atoms. The van der Waals surface area contributed by atoms with Crippen molar-refractivity contribution >= 4 is 33.4 Å². The average molecular weight is 352 g/mol. The van der Waals surface area contributed by atoms with Crippen molar-refractivity contribution in [3.8, 4) is 5.75 Å². The quantitative estimate of drug-likeness (QED) is 0.456. The number of ether oxygens (including phenoxy) is 1. The molecule has 2 N–H and O–H groups in total. The fourth-order valence-corrected chi connectivity index (χ4v) is 3.21. The van der Waals surface area contributed by atoms with Crippen molar-refractivity contribution in [2.45, 2.75) is 18.2 Å². The zero-order valence-corrected chi connectivity index (χ0v) is 13.8. The SMILES string of the molecule is Cc1cccc(OCCCSc2cc(Br)ccc2N)c1. The Labute approximate surface area is 132 Å². The molecule has 20 heavy (non-hydrogen) atoms. The first-order chi connectivity index (χ1) is 9.65. The number of hydrogen-bond acceptors (Lipinski definition) is 3. The van der Waals surface area contributed by atoms with Crippen LogP contribution in [0.5, 0.6) is 5.75 Å². The predicted molar refractivity (Wildman–Crippen MR) is 90.6 cm³/mol. The van der Waals surface area contributed by atoms with Gasteiger partial charge >= 0.3 is 0 Å². The van der Waals surface area contributed by atoms with E-state index < -0.39 is 0 Å². The summed E-state index contributed by atoms with van der Waals surface area (Å²) in [6, 6.07) is 14.1. The average Bonchev–Trinajstić information content (AvgIpc) is 2.42. The first kappa shape index (κ1) is 15.3. The van der Waals surface area contributed by atoms with Crippen molar-refractivity contribution in [2.75, 3.05) is 18.1 Å². The Morgan fingerprint density at radius 3 is 2.85 bits per heavy atom. The summed E-state index contributed by atoms with van der Waals surface area (Å²) >= 11 is 5.23.